The Labute approximate surface area is 115 Å². The number of nitrogens with one attached hydrogen (secondary N) is 1. The summed E-state index contributed by atoms with van der Waals surface area (Å²) >= 11 is 0. The molecule has 2 rings (SSSR count). The molecule has 0 spiro atoms. The molecule has 0 heterocycles. The first kappa shape index (κ1) is 14.4. The lowest BCUT2D eigenvalue weighted by atomic mass is 9.77. The van der Waals surface area contributed by atoms with E-state index in [4.69, 9.17) is 0 Å². The van der Waals surface area contributed by atoms with Gasteiger partial charge in [0.1, 0.15) is 0 Å². The van der Waals surface area contributed by atoms with E-state index in [9.17, 15) is 14.7 Å². The smallest absolute Gasteiger partial charge is 0.310 e. The second-order valence-corrected chi connectivity index (χ2v) is 6.25. The predicted molar refractivity (Wildman–Crippen MR) is 72.7 cm³/mol. The summed E-state index contributed by atoms with van der Waals surface area (Å²) in [6.45, 7) is 2.13. The lowest BCUT2D eigenvalue weighted by molar-refractivity contribution is -0.152. The molecule has 0 aromatic rings. The Balaban J connectivity index is 1.92. The molecular weight excluding hydrogens is 242 g/mol. The minimum Gasteiger partial charge on any atom is -0.481 e. The van der Waals surface area contributed by atoms with Crippen LogP contribution in [0.1, 0.15) is 64.7 Å². The molecule has 108 valence electrons. The van der Waals surface area contributed by atoms with Crippen LogP contribution >= 0.6 is 0 Å². The average molecular weight is 267 g/mol. The summed E-state index contributed by atoms with van der Waals surface area (Å²) in [5.74, 6) is -0.239. The van der Waals surface area contributed by atoms with Gasteiger partial charge in [-0.15, -0.1) is 0 Å². The van der Waals surface area contributed by atoms with Crippen molar-refractivity contribution in [2.24, 2.45) is 11.3 Å². The third kappa shape index (κ3) is 3.48. The molecule has 2 aliphatic carbocycles. The molecule has 0 aliphatic heterocycles. The molecule has 1 amide bonds. The Morgan fingerprint density at radius 2 is 1.84 bits per heavy atom. The Bertz CT molecular complexity index is 345. The maximum atomic E-state index is 12.1. The van der Waals surface area contributed by atoms with Crippen molar-refractivity contribution in [3.63, 3.8) is 0 Å². The zero-order chi connectivity index (χ0) is 13.9. The van der Waals surface area contributed by atoms with Gasteiger partial charge in [-0.25, -0.2) is 0 Å². The van der Waals surface area contributed by atoms with Crippen LogP contribution in [0.4, 0.5) is 0 Å². The minimum absolute atomic E-state index is 0.0646. The fourth-order valence-electron chi connectivity index (χ4n) is 3.31. The predicted octanol–water partition coefficient (Wildman–Crippen LogP) is 2.72. The van der Waals surface area contributed by atoms with Gasteiger partial charge in [0.25, 0.3) is 0 Å². The first-order valence-corrected chi connectivity index (χ1v) is 7.60. The topological polar surface area (TPSA) is 66.4 Å². The molecule has 2 saturated carbocycles. The van der Waals surface area contributed by atoms with Crippen molar-refractivity contribution in [3.05, 3.63) is 0 Å². The fourth-order valence-corrected chi connectivity index (χ4v) is 3.31. The third-order valence-electron chi connectivity index (χ3n) is 4.81. The Hall–Kier alpha value is -1.06. The highest BCUT2D eigenvalue weighted by Gasteiger charge is 2.42. The second-order valence-electron chi connectivity index (χ2n) is 6.25. The third-order valence-corrected chi connectivity index (χ3v) is 4.81. The van der Waals surface area contributed by atoms with E-state index in [-0.39, 0.29) is 12.3 Å². The molecule has 0 aromatic carbocycles. The van der Waals surface area contributed by atoms with Gasteiger partial charge < -0.3 is 10.4 Å². The van der Waals surface area contributed by atoms with Crippen LogP contribution in [-0.2, 0) is 9.59 Å². The van der Waals surface area contributed by atoms with Gasteiger partial charge in [-0.3, -0.25) is 9.59 Å². The number of carboxylic acids is 1. The normalized spacial score (nSPS) is 29.3. The van der Waals surface area contributed by atoms with Crippen molar-refractivity contribution in [2.75, 3.05) is 0 Å². The summed E-state index contributed by atoms with van der Waals surface area (Å²) in [6, 6.07) is 0.300. The van der Waals surface area contributed by atoms with Crippen LogP contribution in [0.15, 0.2) is 0 Å². The number of carbonyl (C=O) groups excluding carboxylic acids is 1. The van der Waals surface area contributed by atoms with Crippen molar-refractivity contribution in [3.8, 4) is 0 Å². The first-order valence-electron chi connectivity index (χ1n) is 7.60. The van der Waals surface area contributed by atoms with Gasteiger partial charge in [0.15, 0.2) is 0 Å². The highest BCUT2D eigenvalue weighted by molar-refractivity contribution is 5.85. The zero-order valence-corrected chi connectivity index (χ0v) is 11.8. The summed E-state index contributed by atoms with van der Waals surface area (Å²) in [5, 5.41) is 12.5. The molecule has 0 aromatic heterocycles. The zero-order valence-electron chi connectivity index (χ0n) is 11.8. The van der Waals surface area contributed by atoms with Crippen molar-refractivity contribution in [1.82, 2.24) is 5.32 Å². The van der Waals surface area contributed by atoms with Gasteiger partial charge >= 0.3 is 5.97 Å². The molecule has 0 bridgehead atoms. The van der Waals surface area contributed by atoms with Crippen LogP contribution in [0.25, 0.3) is 0 Å². The minimum atomic E-state index is -0.808. The fraction of sp³-hybridized carbons (Fsp3) is 0.867. The molecule has 2 atom stereocenters. The molecule has 0 radical (unpaired) electrons. The standard InChI is InChI=1S/C15H25NO3/c1-2-11-9-12(11)16-13(17)10-15(14(18)19)7-5-3-4-6-8-15/h11-12H,2-10H2,1H3,(H,16,17)(H,18,19). The number of hydrogen-bond acceptors (Lipinski definition) is 2. The van der Waals surface area contributed by atoms with Crippen LogP contribution < -0.4 is 5.32 Å². The number of carboxylic acid groups (broad SMARTS) is 1. The Kier molecular flexibility index (Phi) is 4.48. The van der Waals surface area contributed by atoms with E-state index >= 15 is 0 Å². The maximum Gasteiger partial charge on any atom is 0.310 e. The van der Waals surface area contributed by atoms with Crippen LogP contribution in [0.3, 0.4) is 0 Å². The van der Waals surface area contributed by atoms with E-state index in [1.807, 2.05) is 0 Å². The number of rotatable bonds is 5. The summed E-state index contributed by atoms with van der Waals surface area (Å²) < 4.78 is 0. The Morgan fingerprint density at radius 1 is 1.21 bits per heavy atom. The van der Waals surface area contributed by atoms with Gasteiger partial charge in [0, 0.05) is 12.5 Å². The van der Waals surface area contributed by atoms with E-state index in [2.05, 4.69) is 12.2 Å². The first-order chi connectivity index (χ1) is 9.07. The molecule has 2 N–H and O–H groups in total. The summed E-state index contributed by atoms with van der Waals surface area (Å²) in [4.78, 5) is 23.7. The molecule has 0 saturated heterocycles. The molecule has 2 fully saturated rings. The lowest BCUT2D eigenvalue weighted by Gasteiger charge is -2.27. The molecule has 2 unspecified atom stereocenters. The second kappa shape index (κ2) is 5.93. The molecule has 4 heteroatoms. The number of aliphatic carboxylic acids is 1. The van der Waals surface area contributed by atoms with Crippen molar-refractivity contribution in [2.45, 2.75) is 70.8 Å². The highest BCUT2D eigenvalue weighted by atomic mass is 16.4. The average Bonchev–Trinajstić information content (AvgIpc) is 3.12. The SMILES string of the molecule is CCC1CC1NC(=O)CC1(C(=O)O)CCCCCC1. The summed E-state index contributed by atoms with van der Waals surface area (Å²) in [7, 11) is 0. The summed E-state index contributed by atoms with van der Waals surface area (Å²) in [6.07, 6.45) is 7.66. The number of carbonyl (C=O) groups is 2. The van der Waals surface area contributed by atoms with Gasteiger partial charge in [-0.05, 0) is 25.2 Å². The van der Waals surface area contributed by atoms with Crippen LogP contribution in [0, 0.1) is 11.3 Å². The molecule has 4 nitrogen and oxygen atoms in total. The van der Waals surface area contributed by atoms with E-state index in [0.29, 0.717) is 24.8 Å². The van der Waals surface area contributed by atoms with Crippen LogP contribution in [-0.4, -0.2) is 23.0 Å². The van der Waals surface area contributed by atoms with E-state index in [0.717, 1.165) is 38.5 Å². The Morgan fingerprint density at radius 3 is 2.32 bits per heavy atom. The van der Waals surface area contributed by atoms with Gasteiger partial charge in [0.2, 0.25) is 5.91 Å². The lowest BCUT2D eigenvalue weighted by Crippen LogP contribution is -2.38. The number of hydrogen-bond donors (Lipinski definition) is 2. The van der Waals surface area contributed by atoms with Gasteiger partial charge in [-0.1, -0.05) is 39.0 Å². The largest absolute Gasteiger partial charge is 0.481 e. The number of amides is 1. The van der Waals surface area contributed by atoms with Crippen molar-refractivity contribution < 1.29 is 14.7 Å². The van der Waals surface area contributed by atoms with Crippen LogP contribution in [0.5, 0.6) is 0 Å². The van der Waals surface area contributed by atoms with Crippen molar-refractivity contribution >= 4 is 11.9 Å². The molecule has 19 heavy (non-hydrogen) atoms. The highest BCUT2D eigenvalue weighted by Crippen LogP contribution is 2.39. The van der Waals surface area contributed by atoms with E-state index in [1.165, 1.54) is 0 Å². The molecular formula is C15H25NO3. The molecule has 2 aliphatic rings. The van der Waals surface area contributed by atoms with Gasteiger partial charge in [-0.2, -0.15) is 0 Å². The van der Waals surface area contributed by atoms with Crippen molar-refractivity contribution in [1.29, 1.82) is 0 Å². The van der Waals surface area contributed by atoms with Gasteiger partial charge in [0.05, 0.1) is 5.41 Å². The van der Waals surface area contributed by atoms with E-state index in [1.54, 1.807) is 0 Å². The van der Waals surface area contributed by atoms with E-state index < -0.39 is 11.4 Å². The van der Waals surface area contributed by atoms with Crippen LogP contribution in [0.2, 0.25) is 0 Å². The quantitative estimate of drug-likeness (QED) is 0.753. The maximum absolute atomic E-state index is 12.1. The monoisotopic (exact) mass is 267 g/mol. The summed E-state index contributed by atoms with van der Waals surface area (Å²) in [5.41, 5.74) is -0.808.